The molecule has 0 fully saturated rings. The van der Waals surface area contributed by atoms with Crippen LogP contribution in [0.25, 0.3) is 0 Å². The van der Waals surface area contributed by atoms with Gasteiger partial charge in [0.05, 0.1) is 5.69 Å². The van der Waals surface area contributed by atoms with Crippen molar-refractivity contribution >= 4 is 23.2 Å². The van der Waals surface area contributed by atoms with E-state index in [1.54, 1.807) is 0 Å². The third-order valence-corrected chi connectivity index (χ3v) is 4.31. The lowest BCUT2D eigenvalue weighted by molar-refractivity contribution is 0.472. The molecule has 2 rings (SSSR count). The van der Waals surface area contributed by atoms with Gasteiger partial charge in [-0.2, -0.15) is 5.10 Å². The Hall–Kier alpha value is -0.990. The summed E-state index contributed by atoms with van der Waals surface area (Å²) in [4.78, 5) is 0. The molecule has 0 aliphatic heterocycles. The monoisotopic (exact) mass is 310 g/mol. The van der Waals surface area contributed by atoms with E-state index in [1.807, 2.05) is 28.9 Å². The van der Waals surface area contributed by atoms with Crippen LogP contribution in [-0.4, -0.2) is 15.7 Å². The molecule has 0 saturated heterocycles. The minimum atomic E-state index is 0.272. The van der Waals surface area contributed by atoms with Gasteiger partial charge in [-0.1, -0.05) is 30.7 Å². The maximum absolute atomic E-state index is 6.12. The molecule has 0 amide bonds. The Bertz CT molecular complexity index is 534. The largest absolute Gasteiger partial charge is 0.270 e. The molecule has 2 aromatic rings. The lowest BCUT2D eigenvalue weighted by Gasteiger charge is -2.13. The Kier molecular flexibility index (Phi) is 5.50. The third kappa shape index (κ3) is 3.77. The number of nitrogens with zero attached hydrogens (tertiary/aromatic N) is 2. The molecule has 0 N–H and O–H groups in total. The number of rotatable bonds is 6. The van der Waals surface area contributed by atoms with Gasteiger partial charge >= 0.3 is 0 Å². The van der Waals surface area contributed by atoms with Crippen LogP contribution in [0.2, 0.25) is 5.02 Å². The number of aromatic nitrogens is 2. The van der Waals surface area contributed by atoms with E-state index in [2.05, 4.69) is 31.2 Å². The summed E-state index contributed by atoms with van der Waals surface area (Å²) in [5.74, 6) is 0.854. The minimum Gasteiger partial charge on any atom is -0.270 e. The van der Waals surface area contributed by atoms with Crippen LogP contribution in [0.15, 0.2) is 36.5 Å². The second-order valence-electron chi connectivity index (χ2n) is 5.15. The fourth-order valence-corrected chi connectivity index (χ4v) is 2.58. The van der Waals surface area contributed by atoms with Crippen LogP contribution in [0.5, 0.6) is 0 Å². The summed E-state index contributed by atoms with van der Waals surface area (Å²) < 4.78 is 2.03. The van der Waals surface area contributed by atoms with Crippen LogP contribution in [-0.2, 0) is 6.42 Å². The van der Waals surface area contributed by atoms with Gasteiger partial charge in [-0.15, -0.1) is 11.6 Å². The van der Waals surface area contributed by atoms with Crippen molar-refractivity contribution in [3.63, 3.8) is 0 Å². The smallest absolute Gasteiger partial charge is 0.0631 e. The maximum Gasteiger partial charge on any atom is 0.0631 e. The summed E-state index contributed by atoms with van der Waals surface area (Å²) >= 11 is 12.0. The molecule has 2 unspecified atom stereocenters. The normalized spacial score (nSPS) is 14.2. The first-order valence-corrected chi connectivity index (χ1v) is 7.90. The molecule has 108 valence electrons. The first kappa shape index (κ1) is 15.4. The van der Waals surface area contributed by atoms with Gasteiger partial charge in [0.1, 0.15) is 0 Å². The van der Waals surface area contributed by atoms with Gasteiger partial charge in [0.2, 0.25) is 0 Å². The quantitative estimate of drug-likeness (QED) is 0.681. The van der Waals surface area contributed by atoms with Crippen molar-refractivity contribution in [1.82, 2.24) is 9.78 Å². The van der Waals surface area contributed by atoms with Crippen LogP contribution >= 0.6 is 23.2 Å². The van der Waals surface area contributed by atoms with Gasteiger partial charge in [0.25, 0.3) is 0 Å². The molecular formula is C16H20Cl2N2. The van der Waals surface area contributed by atoms with Gasteiger partial charge in [-0.3, -0.25) is 4.68 Å². The summed E-state index contributed by atoms with van der Waals surface area (Å²) in [6.07, 6.45) is 3.99. The molecule has 0 aliphatic carbocycles. The number of halogens is 2. The molecule has 1 heterocycles. The SMILES string of the molecule is CCC(C)n1ccc(CC(CCl)c2ccc(Cl)cc2)n1. The summed E-state index contributed by atoms with van der Waals surface area (Å²) in [6.45, 7) is 4.34. The van der Waals surface area contributed by atoms with Crippen LogP contribution in [0.3, 0.4) is 0 Å². The van der Waals surface area contributed by atoms with E-state index in [9.17, 15) is 0 Å². The standard InChI is InChI=1S/C16H20Cl2N2/c1-3-12(2)20-9-8-16(19-20)10-14(11-17)13-4-6-15(18)7-5-13/h4-9,12,14H,3,10-11H2,1-2H3. The third-order valence-electron chi connectivity index (χ3n) is 3.69. The lowest BCUT2D eigenvalue weighted by Crippen LogP contribution is -2.08. The molecule has 0 radical (unpaired) electrons. The summed E-state index contributed by atoms with van der Waals surface area (Å²) in [5, 5.41) is 5.40. The number of benzene rings is 1. The molecule has 1 aromatic heterocycles. The van der Waals surface area contributed by atoms with Crippen molar-refractivity contribution in [3.05, 3.63) is 52.8 Å². The fourth-order valence-electron chi connectivity index (χ4n) is 2.17. The number of hydrogen-bond donors (Lipinski definition) is 0. The highest BCUT2D eigenvalue weighted by Gasteiger charge is 2.14. The molecule has 0 spiro atoms. The van der Waals surface area contributed by atoms with E-state index >= 15 is 0 Å². The maximum atomic E-state index is 6.12. The Labute approximate surface area is 130 Å². The van der Waals surface area contributed by atoms with Crippen LogP contribution in [0, 0.1) is 0 Å². The van der Waals surface area contributed by atoms with Gasteiger partial charge in [0.15, 0.2) is 0 Å². The van der Waals surface area contributed by atoms with E-state index < -0.39 is 0 Å². The predicted octanol–water partition coefficient (Wildman–Crippen LogP) is 5.07. The van der Waals surface area contributed by atoms with E-state index in [1.165, 1.54) is 5.56 Å². The summed E-state index contributed by atoms with van der Waals surface area (Å²) in [7, 11) is 0. The van der Waals surface area contributed by atoms with Crippen molar-refractivity contribution in [2.24, 2.45) is 0 Å². The van der Waals surface area contributed by atoms with Crippen LogP contribution in [0.4, 0.5) is 0 Å². The van der Waals surface area contributed by atoms with Gasteiger partial charge in [-0.25, -0.2) is 0 Å². The van der Waals surface area contributed by atoms with E-state index in [0.717, 1.165) is 23.6 Å². The molecule has 2 atom stereocenters. The highest BCUT2D eigenvalue weighted by molar-refractivity contribution is 6.30. The average Bonchev–Trinajstić information content (AvgIpc) is 2.93. The Morgan fingerprint density at radius 2 is 1.90 bits per heavy atom. The summed E-state index contributed by atoms with van der Waals surface area (Å²) in [6, 6.07) is 10.4. The van der Waals surface area contributed by atoms with Crippen molar-refractivity contribution in [3.8, 4) is 0 Å². The van der Waals surface area contributed by atoms with Crippen molar-refractivity contribution in [2.75, 3.05) is 5.88 Å². The molecule has 2 nitrogen and oxygen atoms in total. The molecule has 20 heavy (non-hydrogen) atoms. The van der Waals surface area contributed by atoms with E-state index in [-0.39, 0.29) is 5.92 Å². The zero-order valence-electron chi connectivity index (χ0n) is 11.9. The van der Waals surface area contributed by atoms with Gasteiger partial charge in [-0.05, 0) is 43.5 Å². The van der Waals surface area contributed by atoms with E-state index in [4.69, 9.17) is 23.2 Å². The fraction of sp³-hybridized carbons (Fsp3) is 0.438. The zero-order chi connectivity index (χ0) is 14.5. The predicted molar refractivity (Wildman–Crippen MR) is 85.8 cm³/mol. The molecule has 1 aromatic carbocycles. The zero-order valence-corrected chi connectivity index (χ0v) is 13.4. The van der Waals surface area contributed by atoms with Gasteiger partial charge in [0, 0.05) is 29.1 Å². The first-order valence-electron chi connectivity index (χ1n) is 6.99. The second kappa shape index (κ2) is 7.14. The van der Waals surface area contributed by atoms with E-state index in [0.29, 0.717) is 11.9 Å². The van der Waals surface area contributed by atoms with Gasteiger partial charge < -0.3 is 0 Å². The van der Waals surface area contributed by atoms with Crippen molar-refractivity contribution in [2.45, 2.75) is 38.6 Å². The molecule has 0 bridgehead atoms. The number of hydrogen-bond acceptors (Lipinski definition) is 1. The summed E-state index contributed by atoms with van der Waals surface area (Å²) in [5.41, 5.74) is 2.30. The Morgan fingerprint density at radius 1 is 1.20 bits per heavy atom. The minimum absolute atomic E-state index is 0.272. The first-order chi connectivity index (χ1) is 9.63. The van der Waals surface area contributed by atoms with Crippen molar-refractivity contribution in [1.29, 1.82) is 0 Å². The molecule has 0 saturated carbocycles. The van der Waals surface area contributed by atoms with Crippen LogP contribution in [0.1, 0.15) is 43.5 Å². The number of alkyl halides is 1. The molecule has 0 aliphatic rings. The topological polar surface area (TPSA) is 17.8 Å². The Morgan fingerprint density at radius 3 is 2.50 bits per heavy atom. The highest BCUT2D eigenvalue weighted by Crippen LogP contribution is 2.24. The molecule has 4 heteroatoms. The lowest BCUT2D eigenvalue weighted by atomic mass is 9.96. The molecular weight excluding hydrogens is 291 g/mol. The average molecular weight is 311 g/mol. The van der Waals surface area contributed by atoms with Crippen LogP contribution < -0.4 is 0 Å². The Balaban J connectivity index is 2.10. The second-order valence-corrected chi connectivity index (χ2v) is 5.90. The highest BCUT2D eigenvalue weighted by atomic mass is 35.5. The van der Waals surface area contributed by atoms with Crippen molar-refractivity contribution < 1.29 is 0 Å².